The van der Waals surface area contributed by atoms with Crippen molar-refractivity contribution in [2.75, 3.05) is 93.5 Å². The van der Waals surface area contributed by atoms with Crippen LogP contribution in [0.25, 0.3) is 0 Å². The molecule has 9 nitrogen and oxygen atoms in total. The van der Waals surface area contributed by atoms with Gasteiger partial charge in [0.25, 0.3) is 0 Å². The molecule has 9 heteroatoms. The molecule has 0 spiro atoms. The molecule has 0 aromatic heterocycles. The number of hydrogen-bond donors (Lipinski definition) is 0. The summed E-state index contributed by atoms with van der Waals surface area (Å²) in [5.74, 6) is 1.03. The maximum atomic E-state index is 11.0. The van der Waals surface area contributed by atoms with Crippen molar-refractivity contribution in [3.63, 3.8) is 0 Å². The summed E-state index contributed by atoms with van der Waals surface area (Å²) in [6, 6.07) is 5.02. The maximum absolute atomic E-state index is 11.0. The Bertz CT molecular complexity index is 539. The minimum absolute atomic E-state index is 0.325. The third-order valence-corrected chi connectivity index (χ3v) is 3.68. The molecule has 172 valence electrons. The third-order valence-electron chi connectivity index (χ3n) is 3.68. The number of hydrogen-bond acceptors (Lipinski definition) is 9. The molecule has 0 aliphatic heterocycles. The van der Waals surface area contributed by atoms with Gasteiger partial charge in [0.05, 0.1) is 66.1 Å². The zero-order valence-electron chi connectivity index (χ0n) is 18.0. The smallest absolute Gasteiger partial charge is 0.162 e. The van der Waals surface area contributed by atoms with Gasteiger partial charge in [-0.3, -0.25) is 4.79 Å². The molecule has 0 aliphatic rings. The van der Waals surface area contributed by atoms with Gasteiger partial charge in [0.15, 0.2) is 11.5 Å². The van der Waals surface area contributed by atoms with Gasteiger partial charge < -0.3 is 37.9 Å². The van der Waals surface area contributed by atoms with Crippen LogP contribution in [0.4, 0.5) is 0 Å². The van der Waals surface area contributed by atoms with E-state index in [2.05, 4.69) is 0 Å². The van der Waals surface area contributed by atoms with Gasteiger partial charge in [-0.15, -0.1) is 0 Å². The van der Waals surface area contributed by atoms with Crippen molar-refractivity contribution >= 4 is 6.29 Å². The van der Waals surface area contributed by atoms with Crippen molar-refractivity contribution < 1.29 is 42.7 Å². The van der Waals surface area contributed by atoms with Crippen molar-refractivity contribution in [3.8, 4) is 11.5 Å². The summed E-state index contributed by atoms with van der Waals surface area (Å²) in [6.45, 7) is 5.64. The Morgan fingerprint density at radius 2 is 1.03 bits per heavy atom. The minimum Gasteiger partial charge on any atom is -0.487 e. The highest BCUT2D eigenvalue weighted by Gasteiger charge is 2.07. The van der Waals surface area contributed by atoms with Gasteiger partial charge in [-0.25, -0.2) is 0 Å². The van der Waals surface area contributed by atoms with Crippen molar-refractivity contribution in [3.05, 3.63) is 23.8 Å². The lowest BCUT2D eigenvalue weighted by Gasteiger charge is -2.14. The Hall–Kier alpha value is -1.75. The zero-order chi connectivity index (χ0) is 21.7. The minimum atomic E-state index is 0.325. The molecule has 1 rings (SSSR count). The van der Waals surface area contributed by atoms with Crippen LogP contribution in [0, 0.1) is 0 Å². The van der Waals surface area contributed by atoms with E-state index in [9.17, 15) is 4.79 Å². The van der Waals surface area contributed by atoms with Crippen LogP contribution < -0.4 is 9.47 Å². The molecular formula is C21H34O9. The molecule has 0 heterocycles. The molecule has 0 atom stereocenters. The van der Waals surface area contributed by atoms with Crippen LogP contribution in [0.3, 0.4) is 0 Å². The van der Waals surface area contributed by atoms with Crippen molar-refractivity contribution in [2.45, 2.75) is 0 Å². The number of methoxy groups -OCH3 is 2. The molecule has 1 aromatic rings. The second-order valence-corrected chi connectivity index (χ2v) is 5.96. The summed E-state index contributed by atoms with van der Waals surface area (Å²) in [7, 11) is 3.26. The first-order valence-electron chi connectivity index (χ1n) is 9.95. The Morgan fingerprint density at radius 3 is 1.50 bits per heavy atom. The fourth-order valence-corrected chi connectivity index (χ4v) is 2.18. The molecule has 0 N–H and O–H groups in total. The lowest BCUT2D eigenvalue weighted by atomic mass is 10.2. The highest BCUT2D eigenvalue weighted by Crippen LogP contribution is 2.28. The van der Waals surface area contributed by atoms with E-state index in [0.717, 1.165) is 6.29 Å². The number of aldehydes is 1. The molecule has 0 aliphatic carbocycles. The Kier molecular flexibility index (Phi) is 16.8. The van der Waals surface area contributed by atoms with Crippen molar-refractivity contribution in [2.24, 2.45) is 0 Å². The number of benzene rings is 1. The van der Waals surface area contributed by atoms with Crippen LogP contribution in [-0.2, 0) is 28.4 Å². The summed E-state index contributed by atoms with van der Waals surface area (Å²) in [6.07, 6.45) is 0.761. The van der Waals surface area contributed by atoms with Crippen LogP contribution >= 0.6 is 0 Å². The number of rotatable bonds is 21. The number of ether oxygens (including phenoxy) is 8. The Morgan fingerprint density at radius 1 is 0.600 bits per heavy atom. The summed E-state index contributed by atoms with van der Waals surface area (Å²) in [5, 5.41) is 0. The Balaban J connectivity index is 2.23. The topological polar surface area (TPSA) is 90.9 Å². The van der Waals surface area contributed by atoms with Gasteiger partial charge in [-0.2, -0.15) is 0 Å². The highest BCUT2D eigenvalue weighted by molar-refractivity contribution is 5.76. The average Bonchev–Trinajstić information content (AvgIpc) is 2.77. The van der Waals surface area contributed by atoms with E-state index >= 15 is 0 Å². The molecule has 0 bridgehead atoms. The standard InChI is InChI=1S/C21H34O9/c1-23-5-7-25-9-11-27-13-15-29-20-4-3-19(18-22)17-21(20)30-16-14-28-12-10-26-8-6-24-2/h3-4,17-18H,5-16H2,1-2H3. The largest absolute Gasteiger partial charge is 0.487 e. The van der Waals surface area contributed by atoms with Gasteiger partial charge >= 0.3 is 0 Å². The molecule has 0 unspecified atom stereocenters. The molecule has 0 amide bonds. The number of carbonyl (C=O) groups excluding carboxylic acids is 1. The fourth-order valence-electron chi connectivity index (χ4n) is 2.18. The first kappa shape index (κ1) is 26.3. The number of carbonyl (C=O) groups is 1. The summed E-state index contributed by atoms with van der Waals surface area (Å²) < 4.78 is 42.7. The summed E-state index contributed by atoms with van der Waals surface area (Å²) in [4.78, 5) is 11.0. The first-order valence-corrected chi connectivity index (χ1v) is 9.95. The second-order valence-electron chi connectivity index (χ2n) is 5.96. The predicted octanol–water partition coefficient (Wildman–Crippen LogP) is 1.62. The van der Waals surface area contributed by atoms with Crippen LogP contribution in [-0.4, -0.2) is 99.8 Å². The van der Waals surface area contributed by atoms with Gasteiger partial charge in [0, 0.05) is 19.8 Å². The van der Waals surface area contributed by atoms with E-state index in [4.69, 9.17) is 37.9 Å². The van der Waals surface area contributed by atoms with E-state index in [-0.39, 0.29) is 0 Å². The van der Waals surface area contributed by atoms with E-state index in [0.29, 0.717) is 96.3 Å². The average molecular weight is 430 g/mol. The van der Waals surface area contributed by atoms with Crippen molar-refractivity contribution in [1.29, 1.82) is 0 Å². The molecule has 0 saturated heterocycles. The lowest BCUT2D eigenvalue weighted by Crippen LogP contribution is -2.14. The normalized spacial score (nSPS) is 10.9. The molecule has 0 fully saturated rings. The monoisotopic (exact) mass is 430 g/mol. The zero-order valence-corrected chi connectivity index (χ0v) is 18.0. The SMILES string of the molecule is COCCOCCOCCOc1ccc(C=O)cc1OCCOCCOCCOC. The van der Waals surface area contributed by atoms with Crippen LogP contribution in [0.5, 0.6) is 11.5 Å². The lowest BCUT2D eigenvalue weighted by molar-refractivity contribution is 0.0159. The third kappa shape index (κ3) is 13.5. The fraction of sp³-hybridized carbons (Fsp3) is 0.667. The highest BCUT2D eigenvalue weighted by atomic mass is 16.6. The molecule has 1 aromatic carbocycles. The van der Waals surface area contributed by atoms with E-state index in [1.165, 1.54) is 0 Å². The van der Waals surface area contributed by atoms with Gasteiger partial charge in [0.1, 0.15) is 19.5 Å². The van der Waals surface area contributed by atoms with E-state index < -0.39 is 0 Å². The van der Waals surface area contributed by atoms with Gasteiger partial charge in [-0.1, -0.05) is 0 Å². The van der Waals surface area contributed by atoms with E-state index in [1.807, 2.05) is 0 Å². The second kappa shape index (κ2) is 19.2. The molecule has 0 radical (unpaired) electrons. The summed E-state index contributed by atoms with van der Waals surface area (Å²) in [5.41, 5.74) is 0.509. The van der Waals surface area contributed by atoms with Gasteiger partial charge in [0.2, 0.25) is 0 Å². The van der Waals surface area contributed by atoms with Crippen molar-refractivity contribution in [1.82, 2.24) is 0 Å². The predicted molar refractivity (Wildman–Crippen MR) is 110 cm³/mol. The van der Waals surface area contributed by atoms with Crippen LogP contribution in [0.1, 0.15) is 10.4 Å². The summed E-state index contributed by atoms with van der Waals surface area (Å²) >= 11 is 0. The Labute approximate surface area is 178 Å². The van der Waals surface area contributed by atoms with Crippen LogP contribution in [0.2, 0.25) is 0 Å². The van der Waals surface area contributed by atoms with E-state index in [1.54, 1.807) is 32.4 Å². The molecular weight excluding hydrogens is 396 g/mol. The van der Waals surface area contributed by atoms with Crippen LogP contribution in [0.15, 0.2) is 18.2 Å². The molecule has 30 heavy (non-hydrogen) atoms. The first-order chi connectivity index (χ1) is 14.8. The van der Waals surface area contributed by atoms with Gasteiger partial charge in [-0.05, 0) is 18.2 Å². The maximum Gasteiger partial charge on any atom is 0.162 e. The quantitative estimate of drug-likeness (QED) is 0.213. The molecule has 0 saturated carbocycles.